The minimum absolute atomic E-state index is 0.0620. The number of hydrogen-bond donors (Lipinski definition) is 1. The number of rotatable bonds is 3. The van der Waals surface area contributed by atoms with E-state index in [1.54, 1.807) is 11.8 Å². The molecule has 2 fully saturated rings. The number of carbonyl (C=O) groups is 3. The van der Waals surface area contributed by atoms with Gasteiger partial charge < -0.3 is 0 Å². The molecule has 1 atom stereocenters. The molecule has 0 aromatic carbocycles. The van der Waals surface area contributed by atoms with Crippen molar-refractivity contribution in [3.8, 4) is 0 Å². The van der Waals surface area contributed by atoms with Gasteiger partial charge in [0.05, 0.1) is 6.04 Å². The predicted octanol–water partition coefficient (Wildman–Crippen LogP) is 1.38. The lowest BCUT2D eigenvalue weighted by atomic mass is 9.78. The Morgan fingerprint density at radius 3 is 2.50 bits per heavy atom. The largest absolute Gasteiger partial charge is 0.331 e. The second kappa shape index (κ2) is 4.91. The molecule has 2 aliphatic heterocycles. The molecule has 2 saturated heterocycles. The number of carbonyl (C=O) groups excluding carboxylic acids is 3. The fourth-order valence-electron chi connectivity index (χ4n) is 2.63. The molecule has 18 heavy (non-hydrogen) atoms. The molecule has 0 radical (unpaired) electrons. The van der Waals surface area contributed by atoms with Crippen molar-refractivity contribution in [2.45, 2.75) is 39.2 Å². The van der Waals surface area contributed by atoms with E-state index in [0.29, 0.717) is 12.8 Å². The molecule has 0 saturated carbocycles. The number of hydrogen-bond acceptors (Lipinski definition) is 4. The normalized spacial score (nSPS) is 27.6. The maximum absolute atomic E-state index is 12.6. The lowest BCUT2D eigenvalue weighted by Crippen LogP contribution is -2.65. The molecule has 2 aliphatic rings. The number of barbiturate groups is 1. The third kappa shape index (κ3) is 1.83. The van der Waals surface area contributed by atoms with Crippen LogP contribution in [0.3, 0.4) is 0 Å². The van der Waals surface area contributed by atoms with Crippen molar-refractivity contribution in [1.82, 2.24) is 10.2 Å². The molecule has 0 bridgehead atoms. The SMILES string of the molecule is CCC1(CC)C(=O)NC(=O)N(C2CCSC2)C1=O. The van der Waals surface area contributed by atoms with Crippen LogP contribution in [0.5, 0.6) is 0 Å². The molecule has 0 aromatic heterocycles. The number of imide groups is 2. The summed E-state index contributed by atoms with van der Waals surface area (Å²) in [6.07, 6.45) is 1.68. The van der Waals surface area contributed by atoms with Gasteiger partial charge in [-0.1, -0.05) is 13.8 Å². The van der Waals surface area contributed by atoms with Crippen LogP contribution >= 0.6 is 11.8 Å². The Morgan fingerprint density at radius 1 is 1.33 bits per heavy atom. The average molecular weight is 270 g/mol. The van der Waals surface area contributed by atoms with E-state index in [1.807, 2.05) is 13.8 Å². The van der Waals surface area contributed by atoms with Crippen molar-refractivity contribution in [2.75, 3.05) is 11.5 Å². The Bertz CT molecular complexity index is 387. The molecule has 100 valence electrons. The monoisotopic (exact) mass is 270 g/mol. The van der Waals surface area contributed by atoms with Crippen molar-refractivity contribution >= 4 is 29.6 Å². The third-order valence-corrected chi connectivity index (χ3v) is 5.12. The van der Waals surface area contributed by atoms with E-state index in [9.17, 15) is 14.4 Å². The van der Waals surface area contributed by atoms with Crippen LogP contribution < -0.4 is 5.32 Å². The maximum Gasteiger partial charge on any atom is 0.331 e. The highest BCUT2D eigenvalue weighted by molar-refractivity contribution is 7.99. The van der Waals surface area contributed by atoms with Crippen molar-refractivity contribution in [3.05, 3.63) is 0 Å². The molecule has 4 amide bonds. The van der Waals surface area contributed by atoms with Gasteiger partial charge in [0, 0.05) is 5.75 Å². The minimum atomic E-state index is -1.05. The van der Waals surface area contributed by atoms with Crippen LogP contribution in [0.1, 0.15) is 33.1 Å². The molecule has 2 heterocycles. The molecular formula is C12H18N2O3S. The van der Waals surface area contributed by atoms with Gasteiger partial charge in [0.15, 0.2) is 0 Å². The van der Waals surface area contributed by atoms with E-state index >= 15 is 0 Å². The number of thioether (sulfide) groups is 1. The van der Waals surface area contributed by atoms with E-state index in [4.69, 9.17) is 0 Å². The first-order chi connectivity index (χ1) is 8.56. The van der Waals surface area contributed by atoms with Crippen LogP contribution in [-0.2, 0) is 9.59 Å². The van der Waals surface area contributed by atoms with Gasteiger partial charge >= 0.3 is 6.03 Å². The first-order valence-electron chi connectivity index (χ1n) is 6.33. The molecule has 0 aromatic rings. The number of nitrogens with zero attached hydrogens (tertiary/aromatic N) is 1. The summed E-state index contributed by atoms with van der Waals surface area (Å²) in [5, 5.41) is 2.35. The Labute approximate surface area is 111 Å². The first-order valence-corrected chi connectivity index (χ1v) is 7.49. The Balaban J connectivity index is 2.33. The van der Waals surface area contributed by atoms with Crippen LogP contribution in [0.2, 0.25) is 0 Å². The van der Waals surface area contributed by atoms with E-state index in [2.05, 4.69) is 5.32 Å². The fourth-order valence-corrected chi connectivity index (χ4v) is 3.82. The highest BCUT2D eigenvalue weighted by Gasteiger charge is 2.53. The van der Waals surface area contributed by atoms with Crippen molar-refractivity contribution < 1.29 is 14.4 Å². The molecule has 0 aliphatic carbocycles. The zero-order valence-electron chi connectivity index (χ0n) is 10.7. The van der Waals surface area contributed by atoms with E-state index in [0.717, 1.165) is 17.9 Å². The maximum atomic E-state index is 12.6. The van der Waals surface area contributed by atoms with Gasteiger partial charge in [-0.25, -0.2) is 4.79 Å². The number of urea groups is 1. The van der Waals surface area contributed by atoms with Crippen LogP contribution in [0.4, 0.5) is 4.79 Å². The molecule has 6 heteroatoms. The van der Waals surface area contributed by atoms with E-state index < -0.39 is 17.4 Å². The first kappa shape index (κ1) is 13.4. The fraction of sp³-hybridized carbons (Fsp3) is 0.750. The van der Waals surface area contributed by atoms with Gasteiger partial charge in [-0.15, -0.1) is 0 Å². The molecule has 2 rings (SSSR count). The number of nitrogens with one attached hydrogen (secondary N) is 1. The molecule has 5 nitrogen and oxygen atoms in total. The van der Waals surface area contributed by atoms with Gasteiger partial charge in [0.2, 0.25) is 11.8 Å². The lowest BCUT2D eigenvalue weighted by molar-refractivity contribution is -0.153. The van der Waals surface area contributed by atoms with E-state index in [-0.39, 0.29) is 11.9 Å². The molecule has 1 unspecified atom stereocenters. The van der Waals surface area contributed by atoms with Gasteiger partial charge in [-0.3, -0.25) is 19.8 Å². The van der Waals surface area contributed by atoms with Crippen molar-refractivity contribution in [2.24, 2.45) is 5.41 Å². The summed E-state index contributed by atoms with van der Waals surface area (Å²) >= 11 is 1.74. The van der Waals surface area contributed by atoms with E-state index in [1.165, 1.54) is 4.90 Å². The van der Waals surface area contributed by atoms with Gasteiger partial charge in [0.25, 0.3) is 0 Å². The molecule has 0 spiro atoms. The van der Waals surface area contributed by atoms with Gasteiger partial charge in [0.1, 0.15) is 5.41 Å². The molecular weight excluding hydrogens is 252 g/mol. The smallest absolute Gasteiger partial charge is 0.277 e. The molecule has 1 N–H and O–H groups in total. The van der Waals surface area contributed by atoms with Crippen molar-refractivity contribution in [3.63, 3.8) is 0 Å². The summed E-state index contributed by atoms with van der Waals surface area (Å²) < 4.78 is 0. The number of amides is 4. The summed E-state index contributed by atoms with van der Waals surface area (Å²) in [7, 11) is 0. The second-order valence-corrected chi connectivity index (χ2v) is 5.89. The van der Waals surface area contributed by atoms with Crippen LogP contribution in [0, 0.1) is 5.41 Å². The Morgan fingerprint density at radius 2 is 2.00 bits per heavy atom. The Hall–Kier alpha value is -1.04. The van der Waals surface area contributed by atoms with Crippen molar-refractivity contribution in [1.29, 1.82) is 0 Å². The van der Waals surface area contributed by atoms with Crippen LogP contribution in [-0.4, -0.2) is 40.3 Å². The summed E-state index contributed by atoms with van der Waals surface area (Å²) in [6, 6.07) is -0.608. The summed E-state index contributed by atoms with van der Waals surface area (Å²) in [5.74, 6) is 0.982. The predicted molar refractivity (Wildman–Crippen MR) is 69.1 cm³/mol. The zero-order valence-corrected chi connectivity index (χ0v) is 11.5. The Kier molecular flexibility index (Phi) is 3.66. The zero-order chi connectivity index (χ0) is 13.3. The second-order valence-electron chi connectivity index (χ2n) is 4.74. The standard InChI is InChI=1S/C12H18N2O3S/c1-3-12(4-2)9(15)13-11(17)14(10(12)16)8-5-6-18-7-8/h8H,3-7H2,1-2H3,(H,13,15,17). The topological polar surface area (TPSA) is 66.5 Å². The van der Waals surface area contributed by atoms with Gasteiger partial charge in [-0.05, 0) is 25.0 Å². The average Bonchev–Trinajstić information content (AvgIpc) is 2.84. The summed E-state index contributed by atoms with van der Waals surface area (Å²) in [4.78, 5) is 37.7. The van der Waals surface area contributed by atoms with Crippen LogP contribution in [0.15, 0.2) is 0 Å². The summed E-state index contributed by atoms with van der Waals surface area (Å²) in [6.45, 7) is 3.64. The quantitative estimate of drug-likeness (QED) is 0.787. The lowest BCUT2D eigenvalue weighted by Gasteiger charge is -2.40. The van der Waals surface area contributed by atoms with Gasteiger partial charge in [-0.2, -0.15) is 11.8 Å². The highest BCUT2D eigenvalue weighted by atomic mass is 32.2. The third-order valence-electron chi connectivity index (χ3n) is 3.98. The highest BCUT2D eigenvalue weighted by Crippen LogP contribution is 2.35. The minimum Gasteiger partial charge on any atom is -0.277 e. The summed E-state index contributed by atoms with van der Waals surface area (Å²) in [5.41, 5.74) is -1.05. The van der Waals surface area contributed by atoms with Crippen LogP contribution in [0.25, 0.3) is 0 Å².